The Balaban J connectivity index is 1.61. The van der Waals surface area contributed by atoms with Crippen LogP contribution in [0.15, 0.2) is 84.7 Å². The Hall–Kier alpha value is -4.06. The van der Waals surface area contributed by atoms with Crippen LogP contribution in [0.5, 0.6) is 11.5 Å². The Bertz CT molecular complexity index is 1640. The molecule has 0 saturated carbocycles. The predicted octanol–water partition coefficient (Wildman–Crippen LogP) is 6.46. The van der Waals surface area contributed by atoms with Crippen molar-refractivity contribution in [3.8, 4) is 11.5 Å². The molecular weight excluding hydrogens is 456 g/mol. The Labute approximate surface area is 208 Å². The second kappa shape index (κ2) is 9.19. The number of methoxy groups -OCH3 is 2. The highest BCUT2D eigenvalue weighted by Gasteiger charge is 2.36. The van der Waals surface area contributed by atoms with Gasteiger partial charge < -0.3 is 18.3 Å². The zero-order valence-electron chi connectivity index (χ0n) is 20.8. The molecule has 0 aliphatic heterocycles. The molecule has 2 atom stereocenters. The number of allylic oxidation sites excluding steroid dienone is 3. The normalized spacial score (nSPS) is 20.1. The number of ether oxygens (including phenoxy) is 2. The van der Waals surface area contributed by atoms with Gasteiger partial charge in [-0.25, -0.2) is 9.59 Å². The molecule has 0 saturated heterocycles. The van der Waals surface area contributed by atoms with Gasteiger partial charge in [0.1, 0.15) is 22.7 Å². The summed E-state index contributed by atoms with van der Waals surface area (Å²) in [5.74, 6) is 1.36. The smallest absolute Gasteiger partial charge is 0.336 e. The summed E-state index contributed by atoms with van der Waals surface area (Å²) in [4.78, 5) is 23.4. The third-order valence-electron chi connectivity index (χ3n) is 7.14. The Morgan fingerprint density at radius 2 is 1.50 bits per heavy atom. The van der Waals surface area contributed by atoms with Crippen molar-refractivity contribution in [3.63, 3.8) is 0 Å². The van der Waals surface area contributed by atoms with Crippen LogP contribution in [-0.2, 0) is 0 Å². The highest BCUT2D eigenvalue weighted by Crippen LogP contribution is 2.50. The molecule has 2 aromatic carbocycles. The lowest BCUT2D eigenvalue weighted by Gasteiger charge is -2.38. The molecule has 36 heavy (non-hydrogen) atoms. The predicted molar refractivity (Wildman–Crippen MR) is 141 cm³/mol. The molecule has 1 aliphatic rings. The number of hydrogen-bond acceptors (Lipinski definition) is 6. The lowest BCUT2D eigenvalue weighted by atomic mass is 9.66. The van der Waals surface area contributed by atoms with E-state index in [0.29, 0.717) is 22.7 Å². The van der Waals surface area contributed by atoms with Gasteiger partial charge in [0.25, 0.3) is 0 Å². The van der Waals surface area contributed by atoms with Gasteiger partial charge in [0, 0.05) is 52.1 Å². The fraction of sp³-hybridized carbons (Fsp3) is 0.267. The third kappa shape index (κ3) is 4.35. The molecule has 0 spiro atoms. The highest BCUT2D eigenvalue weighted by molar-refractivity contribution is 5.83. The largest absolute Gasteiger partial charge is 0.496 e. The Kier molecular flexibility index (Phi) is 6.04. The minimum atomic E-state index is -0.392. The average Bonchev–Trinajstić information content (AvgIpc) is 2.87. The molecule has 2 unspecified atom stereocenters. The maximum absolute atomic E-state index is 11.7. The van der Waals surface area contributed by atoms with E-state index in [-0.39, 0.29) is 17.0 Å². The van der Waals surface area contributed by atoms with E-state index in [0.717, 1.165) is 34.7 Å². The van der Waals surface area contributed by atoms with Crippen molar-refractivity contribution in [1.82, 2.24) is 0 Å². The molecule has 0 radical (unpaired) electrons. The van der Waals surface area contributed by atoms with Crippen LogP contribution in [0.4, 0.5) is 0 Å². The van der Waals surface area contributed by atoms with Crippen molar-refractivity contribution >= 4 is 28.0 Å². The van der Waals surface area contributed by atoms with E-state index in [2.05, 4.69) is 38.1 Å². The fourth-order valence-electron chi connectivity index (χ4n) is 5.05. The molecule has 0 fully saturated rings. The first-order chi connectivity index (χ1) is 17.3. The van der Waals surface area contributed by atoms with E-state index in [1.54, 1.807) is 38.5 Å². The van der Waals surface area contributed by atoms with Gasteiger partial charge in [-0.2, -0.15) is 0 Å². The van der Waals surface area contributed by atoms with Gasteiger partial charge >= 0.3 is 11.3 Å². The van der Waals surface area contributed by atoms with Crippen LogP contribution in [-0.4, -0.2) is 14.2 Å². The Morgan fingerprint density at radius 3 is 2.14 bits per heavy atom. The summed E-state index contributed by atoms with van der Waals surface area (Å²) in [5, 5.41) is 1.68. The molecule has 2 heterocycles. The van der Waals surface area contributed by atoms with Crippen molar-refractivity contribution in [3.05, 3.63) is 98.2 Å². The summed E-state index contributed by atoms with van der Waals surface area (Å²) in [6.07, 6.45) is 8.56. The van der Waals surface area contributed by atoms with E-state index >= 15 is 0 Å². The fourth-order valence-corrected chi connectivity index (χ4v) is 5.05. The van der Waals surface area contributed by atoms with Gasteiger partial charge in [0.05, 0.1) is 14.2 Å². The molecule has 0 N–H and O–H groups in total. The summed E-state index contributed by atoms with van der Waals surface area (Å²) < 4.78 is 22.1. The van der Waals surface area contributed by atoms with E-state index in [1.165, 1.54) is 17.7 Å². The average molecular weight is 485 g/mol. The molecular formula is C30H28O6. The minimum Gasteiger partial charge on any atom is -0.496 e. The molecule has 4 aromatic rings. The van der Waals surface area contributed by atoms with Crippen LogP contribution in [0.1, 0.15) is 43.7 Å². The standard InChI is InChI=1S/C30H28O6/c1-18-9-11-30(2,12-10-21-14-19-5-7-28(31)35-25(19)16-24(21)33-3)23(13-18)22-15-20-6-8-29(32)36-26(20)17-27(22)34-4/h5-8,10,12-17,23H,9,11H2,1-4H3/b12-10+. The molecule has 2 aromatic heterocycles. The first-order valence-electron chi connectivity index (χ1n) is 11.9. The lowest BCUT2D eigenvalue weighted by Crippen LogP contribution is -2.26. The summed E-state index contributed by atoms with van der Waals surface area (Å²) >= 11 is 0. The van der Waals surface area contributed by atoms with E-state index < -0.39 is 5.63 Å². The van der Waals surface area contributed by atoms with Crippen LogP contribution in [0, 0.1) is 5.41 Å². The van der Waals surface area contributed by atoms with Gasteiger partial charge in [0.15, 0.2) is 0 Å². The van der Waals surface area contributed by atoms with E-state index in [1.807, 2.05) is 6.07 Å². The Morgan fingerprint density at radius 1 is 0.889 bits per heavy atom. The van der Waals surface area contributed by atoms with Crippen molar-refractivity contribution in [2.45, 2.75) is 32.6 Å². The summed E-state index contributed by atoms with van der Waals surface area (Å²) in [6.45, 7) is 4.40. The molecule has 1 aliphatic carbocycles. The zero-order chi connectivity index (χ0) is 25.4. The van der Waals surface area contributed by atoms with Crippen LogP contribution < -0.4 is 20.7 Å². The summed E-state index contributed by atoms with van der Waals surface area (Å²) in [7, 11) is 3.24. The molecule has 0 amide bonds. The van der Waals surface area contributed by atoms with Crippen molar-refractivity contribution < 1.29 is 18.3 Å². The number of fused-ring (bicyclic) bond motifs is 2. The van der Waals surface area contributed by atoms with Crippen molar-refractivity contribution in [2.75, 3.05) is 14.2 Å². The SMILES string of the molecule is COc1cc2oc(=O)ccc2cc1/C=C/C1(C)CCC(C)=CC1c1cc2ccc(=O)oc2cc1OC. The maximum atomic E-state index is 11.7. The van der Waals surface area contributed by atoms with Gasteiger partial charge in [0.2, 0.25) is 0 Å². The minimum absolute atomic E-state index is 0.0400. The number of hydrogen-bond donors (Lipinski definition) is 0. The van der Waals surface area contributed by atoms with Crippen LogP contribution in [0.3, 0.4) is 0 Å². The zero-order valence-corrected chi connectivity index (χ0v) is 20.8. The van der Waals surface area contributed by atoms with Gasteiger partial charge in [-0.15, -0.1) is 0 Å². The van der Waals surface area contributed by atoms with Gasteiger partial charge in [-0.1, -0.05) is 30.7 Å². The van der Waals surface area contributed by atoms with Gasteiger partial charge in [-0.3, -0.25) is 0 Å². The summed E-state index contributed by atoms with van der Waals surface area (Å²) in [6, 6.07) is 14.0. The second-order valence-corrected chi connectivity index (χ2v) is 9.60. The first kappa shape index (κ1) is 23.7. The van der Waals surface area contributed by atoms with Crippen LogP contribution in [0.2, 0.25) is 0 Å². The quantitative estimate of drug-likeness (QED) is 0.239. The third-order valence-corrected chi connectivity index (χ3v) is 7.14. The van der Waals surface area contributed by atoms with Crippen molar-refractivity contribution in [2.24, 2.45) is 5.41 Å². The topological polar surface area (TPSA) is 78.9 Å². The number of rotatable bonds is 5. The maximum Gasteiger partial charge on any atom is 0.336 e. The second-order valence-electron chi connectivity index (χ2n) is 9.60. The molecule has 6 heteroatoms. The van der Waals surface area contributed by atoms with Crippen molar-refractivity contribution in [1.29, 1.82) is 0 Å². The molecule has 0 bridgehead atoms. The van der Waals surface area contributed by atoms with Crippen LogP contribution >= 0.6 is 0 Å². The highest BCUT2D eigenvalue weighted by atomic mass is 16.5. The van der Waals surface area contributed by atoms with E-state index in [4.69, 9.17) is 18.3 Å². The molecule has 184 valence electrons. The summed E-state index contributed by atoms with van der Waals surface area (Å²) in [5.41, 5.74) is 3.26. The van der Waals surface area contributed by atoms with E-state index in [9.17, 15) is 9.59 Å². The molecule has 5 rings (SSSR count). The lowest BCUT2D eigenvalue weighted by molar-refractivity contribution is 0.322. The number of benzene rings is 2. The monoisotopic (exact) mass is 484 g/mol. The first-order valence-corrected chi connectivity index (χ1v) is 11.9. The van der Waals surface area contributed by atoms with Gasteiger partial charge in [-0.05, 0) is 49.4 Å². The van der Waals surface area contributed by atoms with Crippen LogP contribution in [0.25, 0.3) is 28.0 Å². The molecule has 6 nitrogen and oxygen atoms in total.